The lowest BCUT2D eigenvalue weighted by Gasteiger charge is -2.23. The maximum absolute atomic E-state index is 13.0. The van der Waals surface area contributed by atoms with E-state index in [1.807, 2.05) is 30.3 Å². The zero-order valence-electron chi connectivity index (χ0n) is 16.6. The van der Waals surface area contributed by atoms with Crippen molar-refractivity contribution in [1.82, 2.24) is 4.98 Å². The van der Waals surface area contributed by atoms with Gasteiger partial charge in [-0.25, -0.2) is 4.90 Å². The summed E-state index contributed by atoms with van der Waals surface area (Å²) in [7, 11) is 0. The second-order valence-corrected chi connectivity index (χ2v) is 9.53. The molecule has 4 heteroatoms. The van der Waals surface area contributed by atoms with Gasteiger partial charge in [-0.1, -0.05) is 59.7 Å². The molecule has 1 fully saturated rings. The summed E-state index contributed by atoms with van der Waals surface area (Å²) in [5.74, 6) is -0.469. The predicted octanol–water partition coefficient (Wildman–Crippen LogP) is 4.85. The van der Waals surface area contributed by atoms with Crippen LogP contribution in [0.25, 0.3) is 10.9 Å². The molecule has 2 heterocycles. The Bertz CT molecular complexity index is 872. The van der Waals surface area contributed by atoms with Crippen LogP contribution in [0.2, 0.25) is 0 Å². The fourth-order valence-corrected chi connectivity index (χ4v) is 3.58. The summed E-state index contributed by atoms with van der Waals surface area (Å²) in [6.45, 7) is 12.6. The third kappa shape index (κ3) is 3.50. The van der Waals surface area contributed by atoms with E-state index in [4.69, 9.17) is 4.98 Å². The number of pyridine rings is 1. The van der Waals surface area contributed by atoms with Crippen molar-refractivity contribution in [2.75, 3.05) is 4.90 Å². The van der Waals surface area contributed by atoms with Crippen LogP contribution in [0.1, 0.15) is 60.1 Å². The highest BCUT2D eigenvalue weighted by Crippen LogP contribution is 2.37. The van der Waals surface area contributed by atoms with Crippen molar-refractivity contribution in [3.63, 3.8) is 0 Å². The number of carbonyl (C=O) groups excluding carboxylic acids is 2. The first-order valence-electron chi connectivity index (χ1n) is 9.24. The van der Waals surface area contributed by atoms with Gasteiger partial charge in [0.2, 0.25) is 11.8 Å². The number of rotatable bonds is 2. The third-order valence-electron chi connectivity index (χ3n) is 4.81. The predicted molar refractivity (Wildman–Crippen MR) is 105 cm³/mol. The third-order valence-corrected chi connectivity index (χ3v) is 4.81. The Balaban J connectivity index is 2.07. The molecular formula is C22H28N2O2. The van der Waals surface area contributed by atoms with Crippen molar-refractivity contribution < 1.29 is 9.59 Å². The van der Waals surface area contributed by atoms with Crippen molar-refractivity contribution in [2.24, 2.45) is 11.3 Å². The van der Waals surface area contributed by atoms with E-state index in [1.165, 1.54) is 4.90 Å². The van der Waals surface area contributed by atoms with E-state index in [9.17, 15) is 9.59 Å². The molecule has 0 aliphatic carbocycles. The number of aromatic nitrogens is 1. The summed E-state index contributed by atoms with van der Waals surface area (Å²) in [5, 5.41) is 0.940. The van der Waals surface area contributed by atoms with Crippen LogP contribution < -0.4 is 4.90 Å². The first-order chi connectivity index (χ1) is 12.0. The van der Waals surface area contributed by atoms with E-state index < -0.39 is 0 Å². The number of anilines is 1. The van der Waals surface area contributed by atoms with Crippen LogP contribution in [0.3, 0.4) is 0 Å². The molecule has 0 N–H and O–H groups in total. The average molecular weight is 352 g/mol. The van der Waals surface area contributed by atoms with Gasteiger partial charge in [-0.3, -0.25) is 14.6 Å². The van der Waals surface area contributed by atoms with Gasteiger partial charge in [0, 0.05) is 28.8 Å². The first kappa shape index (κ1) is 18.6. The van der Waals surface area contributed by atoms with Gasteiger partial charge < -0.3 is 0 Å². The molecule has 0 saturated carbocycles. The van der Waals surface area contributed by atoms with Gasteiger partial charge in [0.25, 0.3) is 0 Å². The van der Waals surface area contributed by atoms with Crippen molar-refractivity contribution >= 4 is 28.4 Å². The van der Waals surface area contributed by atoms with Crippen LogP contribution in [-0.4, -0.2) is 16.8 Å². The smallest absolute Gasteiger partial charge is 0.237 e. The van der Waals surface area contributed by atoms with Crippen LogP contribution in [0.15, 0.2) is 30.3 Å². The molecule has 1 unspecified atom stereocenters. The summed E-state index contributed by atoms with van der Waals surface area (Å²) in [6.07, 6.45) is 0.991. The fraction of sp³-hybridized carbons (Fsp3) is 0.500. The van der Waals surface area contributed by atoms with E-state index in [0.29, 0.717) is 12.1 Å². The van der Waals surface area contributed by atoms with Gasteiger partial charge in [-0.15, -0.1) is 0 Å². The summed E-state index contributed by atoms with van der Waals surface area (Å²) in [5.41, 5.74) is 2.18. The van der Waals surface area contributed by atoms with Gasteiger partial charge in [0.05, 0.1) is 11.2 Å². The zero-order valence-corrected chi connectivity index (χ0v) is 16.6. The minimum atomic E-state index is -0.247. The lowest BCUT2D eigenvalue weighted by Crippen LogP contribution is -2.31. The Hall–Kier alpha value is -2.23. The van der Waals surface area contributed by atoms with Crippen molar-refractivity contribution in [3.8, 4) is 0 Å². The number of hydrogen-bond acceptors (Lipinski definition) is 3. The normalized spacial score (nSPS) is 18.8. The fourth-order valence-electron chi connectivity index (χ4n) is 3.58. The molecular weight excluding hydrogens is 324 g/mol. The average Bonchev–Trinajstić information content (AvgIpc) is 2.77. The van der Waals surface area contributed by atoms with Gasteiger partial charge in [0.1, 0.15) is 0 Å². The summed E-state index contributed by atoms with van der Waals surface area (Å²) < 4.78 is 0. The highest BCUT2D eigenvalue weighted by Gasteiger charge is 2.41. The number of benzene rings is 1. The molecule has 0 radical (unpaired) electrons. The highest BCUT2D eigenvalue weighted by molar-refractivity contribution is 6.23. The number of imide groups is 1. The summed E-state index contributed by atoms with van der Waals surface area (Å²) >= 11 is 0. The molecule has 1 aromatic heterocycles. The van der Waals surface area contributed by atoms with Crippen molar-refractivity contribution in [1.29, 1.82) is 0 Å². The molecule has 1 atom stereocenters. The Morgan fingerprint density at radius 1 is 1.04 bits per heavy atom. The molecule has 3 rings (SSSR count). The monoisotopic (exact) mass is 352 g/mol. The van der Waals surface area contributed by atoms with Gasteiger partial charge >= 0.3 is 0 Å². The van der Waals surface area contributed by atoms with Crippen LogP contribution in [0, 0.1) is 11.3 Å². The van der Waals surface area contributed by atoms with Crippen LogP contribution in [0.5, 0.6) is 0 Å². The maximum Gasteiger partial charge on any atom is 0.237 e. The molecule has 1 aromatic carbocycles. The Labute approximate surface area is 155 Å². The second kappa shape index (κ2) is 6.19. The number of hydrogen-bond donors (Lipinski definition) is 0. The second-order valence-electron chi connectivity index (χ2n) is 9.53. The molecule has 4 nitrogen and oxygen atoms in total. The van der Waals surface area contributed by atoms with Crippen molar-refractivity contribution in [3.05, 3.63) is 36.0 Å². The largest absolute Gasteiger partial charge is 0.274 e. The number of amides is 2. The van der Waals surface area contributed by atoms with Crippen molar-refractivity contribution in [2.45, 2.75) is 59.8 Å². The van der Waals surface area contributed by atoms with Gasteiger partial charge in [0.15, 0.2) is 0 Å². The SMILES string of the molecule is CC(C)(C)CC1CC(=O)N(c2cccc3ccc(C(C)(C)C)nc23)C1=O. The van der Waals surface area contributed by atoms with E-state index >= 15 is 0 Å². The topological polar surface area (TPSA) is 50.3 Å². The van der Waals surface area contributed by atoms with Gasteiger partial charge in [-0.2, -0.15) is 0 Å². The Morgan fingerprint density at radius 3 is 2.35 bits per heavy atom. The summed E-state index contributed by atoms with van der Waals surface area (Å²) in [6, 6.07) is 9.72. The minimum Gasteiger partial charge on any atom is -0.274 e. The van der Waals surface area contributed by atoms with Crippen LogP contribution in [-0.2, 0) is 15.0 Å². The minimum absolute atomic E-state index is 0.00697. The van der Waals surface area contributed by atoms with Crippen LogP contribution >= 0.6 is 0 Å². The van der Waals surface area contributed by atoms with E-state index in [-0.39, 0.29) is 35.0 Å². The molecule has 2 aromatic rings. The number of nitrogens with zero attached hydrogens (tertiary/aromatic N) is 2. The highest BCUT2D eigenvalue weighted by atomic mass is 16.2. The quantitative estimate of drug-likeness (QED) is 0.726. The zero-order chi connectivity index (χ0) is 19.3. The lowest BCUT2D eigenvalue weighted by atomic mass is 9.84. The standard InChI is InChI=1S/C22H28N2O2/c1-21(2,3)13-15-12-18(25)24(20(15)26)16-9-7-8-14-10-11-17(22(4,5)6)23-19(14)16/h7-11,15H,12-13H2,1-6H3. The molecule has 26 heavy (non-hydrogen) atoms. The number of fused-ring (bicyclic) bond motifs is 1. The first-order valence-corrected chi connectivity index (χ1v) is 9.24. The number of carbonyl (C=O) groups is 2. The molecule has 2 amide bonds. The molecule has 138 valence electrons. The molecule has 0 bridgehead atoms. The van der Waals surface area contributed by atoms with Gasteiger partial charge in [-0.05, 0) is 24.0 Å². The molecule has 1 aliphatic rings. The van der Waals surface area contributed by atoms with Crippen LogP contribution in [0.4, 0.5) is 5.69 Å². The van der Waals surface area contributed by atoms with E-state index in [1.54, 1.807) is 0 Å². The summed E-state index contributed by atoms with van der Waals surface area (Å²) in [4.78, 5) is 31.9. The molecule has 1 aliphatic heterocycles. The Morgan fingerprint density at radius 2 is 1.73 bits per heavy atom. The maximum atomic E-state index is 13.0. The molecule has 1 saturated heterocycles. The lowest BCUT2D eigenvalue weighted by molar-refractivity contribution is -0.122. The van der Waals surface area contributed by atoms with E-state index in [2.05, 4.69) is 41.5 Å². The Kier molecular flexibility index (Phi) is 4.41. The number of para-hydroxylation sites is 1. The molecule has 0 spiro atoms. The van der Waals surface area contributed by atoms with E-state index in [0.717, 1.165) is 16.6 Å².